The Labute approximate surface area is 111 Å². The van der Waals surface area contributed by atoms with Crippen LogP contribution in [0.1, 0.15) is 24.2 Å². The molecule has 3 nitrogen and oxygen atoms in total. The van der Waals surface area contributed by atoms with Crippen LogP contribution in [0.15, 0.2) is 36.5 Å². The Hall–Kier alpha value is -1.58. The molecule has 0 fully saturated rings. The Kier molecular flexibility index (Phi) is 3.84. The van der Waals surface area contributed by atoms with Crippen molar-refractivity contribution in [2.24, 2.45) is 0 Å². The van der Waals surface area contributed by atoms with Crippen molar-refractivity contribution in [1.82, 2.24) is 4.98 Å². The fourth-order valence-corrected chi connectivity index (χ4v) is 1.77. The van der Waals surface area contributed by atoms with Crippen LogP contribution < -0.4 is 4.74 Å². The summed E-state index contributed by atoms with van der Waals surface area (Å²) in [5.74, 6) is 1.02. The zero-order valence-electron chi connectivity index (χ0n) is 10.2. The largest absolute Gasteiger partial charge is 0.437 e. The second-order valence-electron chi connectivity index (χ2n) is 4.14. The Balaban J connectivity index is 2.18. The molecule has 0 bridgehead atoms. The minimum absolute atomic E-state index is 0.449. The molecular formula is C14H14ClNO2. The zero-order valence-corrected chi connectivity index (χ0v) is 11.0. The van der Waals surface area contributed by atoms with Gasteiger partial charge in [0.15, 0.2) is 0 Å². The molecule has 1 aromatic heterocycles. The van der Waals surface area contributed by atoms with E-state index in [1.54, 1.807) is 25.3 Å². The monoisotopic (exact) mass is 263 g/mol. The molecule has 0 amide bonds. The Bertz CT molecular complexity index is 538. The number of aliphatic hydroxyl groups is 1. The molecule has 2 aromatic rings. The summed E-state index contributed by atoms with van der Waals surface area (Å²) >= 11 is 6.07. The molecule has 0 spiro atoms. The molecule has 0 unspecified atom stereocenters. The Morgan fingerprint density at radius 2 is 2.06 bits per heavy atom. The smallest absolute Gasteiger partial charge is 0.219 e. The number of halogens is 1. The standard InChI is InChI=1S/C14H14ClNO2/c1-9-3-5-13(12(15)7-9)18-14-6-4-11(8-16-14)10(2)17/h3-8,10,17H,1-2H3/t10-/m0/s1. The number of aryl methyl sites for hydroxylation is 1. The predicted molar refractivity (Wildman–Crippen MR) is 71.1 cm³/mol. The van der Waals surface area contributed by atoms with Crippen LogP contribution in [0.25, 0.3) is 0 Å². The molecule has 0 aliphatic rings. The number of hydrogen-bond donors (Lipinski definition) is 1. The van der Waals surface area contributed by atoms with E-state index >= 15 is 0 Å². The first-order chi connectivity index (χ1) is 8.56. The van der Waals surface area contributed by atoms with E-state index in [9.17, 15) is 5.11 Å². The van der Waals surface area contributed by atoms with Crippen molar-refractivity contribution < 1.29 is 9.84 Å². The van der Waals surface area contributed by atoms with Crippen molar-refractivity contribution in [3.63, 3.8) is 0 Å². The summed E-state index contributed by atoms with van der Waals surface area (Å²) < 4.78 is 5.57. The third kappa shape index (κ3) is 3.00. The van der Waals surface area contributed by atoms with Gasteiger partial charge in [0.1, 0.15) is 5.75 Å². The fraction of sp³-hybridized carbons (Fsp3) is 0.214. The van der Waals surface area contributed by atoms with Gasteiger partial charge in [-0.15, -0.1) is 0 Å². The van der Waals surface area contributed by atoms with E-state index in [0.717, 1.165) is 11.1 Å². The molecule has 1 atom stereocenters. The van der Waals surface area contributed by atoms with Crippen LogP contribution in [0.2, 0.25) is 5.02 Å². The second kappa shape index (κ2) is 5.38. The highest BCUT2D eigenvalue weighted by atomic mass is 35.5. The number of rotatable bonds is 3. The van der Waals surface area contributed by atoms with E-state index in [0.29, 0.717) is 16.7 Å². The maximum absolute atomic E-state index is 9.38. The van der Waals surface area contributed by atoms with Gasteiger partial charge in [0, 0.05) is 12.3 Å². The van der Waals surface area contributed by atoms with E-state index in [1.807, 2.05) is 25.1 Å². The highest BCUT2D eigenvalue weighted by Gasteiger charge is 2.05. The van der Waals surface area contributed by atoms with Gasteiger partial charge >= 0.3 is 0 Å². The SMILES string of the molecule is Cc1ccc(Oc2ccc([C@H](C)O)cn2)c(Cl)c1. The number of aromatic nitrogens is 1. The molecule has 2 rings (SSSR count). The van der Waals surface area contributed by atoms with Gasteiger partial charge in [-0.25, -0.2) is 4.98 Å². The average Bonchev–Trinajstić information content (AvgIpc) is 2.33. The molecule has 4 heteroatoms. The van der Waals surface area contributed by atoms with Crippen molar-refractivity contribution in [3.05, 3.63) is 52.7 Å². The van der Waals surface area contributed by atoms with E-state index in [2.05, 4.69) is 4.98 Å². The molecule has 0 saturated carbocycles. The van der Waals surface area contributed by atoms with Gasteiger partial charge in [-0.2, -0.15) is 0 Å². The molecule has 18 heavy (non-hydrogen) atoms. The lowest BCUT2D eigenvalue weighted by atomic mass is 10.2. The molecule has 1 aromatic carbocycles. The Morgan fingerprint density at radius 1 is 1.28 bits per heavy atom. The van der Waals surface area contributed by atoms with E-state index in [-0.39, 0.29) is 0 Å². The van der Waals surface area contributed by atoms with Crippen LogP contribution in [-0.2, 0) is 0 Å². The van der Waals surface area contributed by atoms with Gasteiger partial charge in [-0.1, -0.05) is 17.7 Å². The highest BCUT2D eigenvalue weighted by Crippen LogP contribution is 2.29. The van der Waals surface area contributed by atoms with Crippen LogP contribution in [0.3, 0.4) is 0 Å². The van der Waals surface area contributed by atoms with Crippen LogP contribution in [-0.4, -0.2) is 10.1 Å². The first-order valence-electron chi connectivity index (χ1n) is 5.64. The third-order valence-electron chi connectivity index (χ3n) is 2.54. The average molecular weight is 264 g/mol. The molecule has 0 aliphatic heterocycles. The van der Waals surface area contributed by atoms with Gasteiger partial charge < -0.3 is 9.84 Å². The van der Waals surface area contributed by atoms with Gasteiger partial charge in [0.25, 0.3) is 0 Å². The summed E-state index contributed by atoms with van der Waals surface area (Å²) in [6, 6.07) is 9.04. The maximum Gasteiger partial charge on any atom is 0.219 e. The third-order valence-corrected chi connectivity index (χ3v) is 2.84. The topological polar surface area (TPSA) is 42.4 Å². The second-order valence-corrected chi connectivity index (χ2v) is 4.55. The van der Waals surface area contributed by atoms with Crippen LogP contribution in [0.4, 0.5) is 0 Å². The quantitative estimate of drug-likeness (QED) is 0.914. The van der Waals surface area contributed by atoms with Gasteiger partial charge in [-0.3, -0.25) is 0 Å². The first kappa shape index (κ1) is 12.9. The zero-order chi connectivity index (χ0) is 13.1. The minimum atomic E-state index is -0.533. The lowest BCUT2D eigenvalue weighted by Gasteiger charge is -2.08. The maximum atomic E-state index is 9.38. The van der Waals surface area contributed by atoms with Crippen LogP contribution in [0.5, 0.6) is 11.6 Å². The van der Waals surface area contributed by atoms with Crippen molar-refractivity contribution in [2.45, 2.75) is 20.0 Å². The van der Waals surface area contributed by atoms with Crippen LogP contribution in [0, 0.1) is 6.92 Å². The number of ether oxygens (including phenoxy) is 1. The molecule has 0 saturated heterocycles. The van der Waals surface area contributed by atoms with E-state index < -0.39 is 6.10 Å². The summed E-state index contributed by atoms with van der Waals surface area (Å²) in [5.41, 5.74) is 1.82. The van der Waals surface area contributed by atoms with Crippen molar-refractivity contribution in [2.75, 3.05) is 0 Å². The van der Waals surface area contributed by atoms with E-state index in [4.69, 9.17) is 16.3 Å². The van der Waals surface area contributed by atoms with Gasteiger partial charge in [0.05, 0.1) is 11.1 Å². The molecule has 1 N–H and O–H groups in total. The summed E-state index contributed by atoms with van der Waals surface area (Å²) in [5, 5.41) is 9.93. The van der Waals surface area contributed by atoms with Crippen LogP contribution >= 0.6 is 11.6 Å². The Morgan fingerprint density at radius 3 is 2.61 bits per heavy atom. The predicted octanol–water partition coefficient (Wildman–Crippen LogP) is 3.89. The molecular weight excluding hydrogens is 250 g/mol. The summed E-state index contributed by atoms with van der Waals surface area (Å²) in [6.45, 7) is 3.65. The molecule has 0 radical (unpaired) electrons. The van der Waals surface area contributed by atoms with Gasteiger partial charge in [0.2, 0.25) is 5.88 Å². The van der Waals surface area contributed by atoms with Gasteiger partial charge in [-0.05, 0) is 43.2 Å². The molecule has 1 heterocycles. The lowest BCUT2D eigenvalue weighted by Crippen LogP contribution is -1.94. The molecule has 94 valence electrons. The lowest BCUT2D eigenvalue weighted by molar-refractivity contribution is 0.198. The highest BCUT2D eigenvalue weighted by molar-refractivity contribution is 6.32. The minimum Gasteiger partial charge on any atom is -0.437 e. The number of aliphatic hydroxyl groups excluding tert-OH is 1. The van der Waals surface area contributed by atoms with Crippen molar-refractivity contribution >= 4 is 11.6 Å². The summed E-state index contributed by atoms with van der Waals surface area (Å²) in [4.78, 5) is 4.12. The molecule has 0 aliphatic carbocycles. The number of benzene rings is 1. The normalized spacial score (nSPS) is 12.2. The fourth-order valence-electron chi connectivity index (χ4n) is 1.50. The number of nitrogens with zero attached hydrogens (tertiary/aromatic N) is 1. The summed E-state index contributed by atoms with van der Waals surface area (Å²) in [7, 11) is 0. The number of pyridine rings is 1. The summed E-state index contributed by atoms with van der Waals surface area (Å²) in [6.07, 6.45) is 1.05. The number of hydrogen-bond acceptors (Lipinski definition) is 3. The van der Waals surface area contributed by atoms with Crippen molar-refractivity contribution in [1.29, 1.82) is 0 Å². The van der Waals surface area contributed by atoms with Crippen molar-refractivity contribution in [3.8, 4) is 11.6 Å². The first-order valence-corrected chi connectivity index (χ1v) is 6.02. The van der Waals surface area contributed by atoms with E-state index in [1.165, 1.54) is 0 Å².